The highest BCUT2D eigenvalue weighted by Crippen LogP contribution is 2.23. The molecule has 20 heavy (non-hydrogen) atoms. The van der Waals surface area contributed by atoms with E-state index in [0.717, 1.165) is 23.2 Å². The molecule has 0 saturated heterocycles. The number of aromatic nitrogens is 3. The van der Waals surface area contributed by atoms with Crippen molar-refractivity contribution in [1.82, 2.24) is 14.8 Å². The van der Waals surface area contributed by atoms with Crippen LogP contribution in [-0.4, -0.2) is 19.7 Å². The lowest BCUT2D eigenvalue weighted by molar-refractivity contribution is -0.384. The van der Waals surface area contributed by atoms with E-state index in [1.165, 1.54) is 6.07 Å². The normalized spacial score (nSPS) is 10.6. The molecule has 2 aromatic rings. The Bertz CT molecular complexity index is 636. The zero-order chi connectivity index (χ0) is 14.7. The van der Waals surface area contributed by atoms with Crippen LogP contribution in [0.3, 0.4) is 0 Å². The van der Waals surface area contributed by atoms with Gasteiger partial charge < -0.3 is 5.32 Å². The van der Waals surface area contributed by atoms with Crippen molar-refractivity contribution in [3.8, 4) is 0 Å². The van der Waals surface area contributed by atoms with Crippen molar-refractivity contribution in [2.75, 3.05) is 5.32 Å². The van der Waals surface area contributed by atoms with E-state index in [0.29, 0.717) is 6.54 Å². The minimum Gasteiger partial charge on any atom is -0.360 e. The Morgan fingerprint density at radius 1 is 1.50 bits per heavy atom. The maximum Gasteiger partial charge on any atom is 0.311 e. The van der Waals surface area contributed by atoms with Crippen molar-refractivity contribution >= 4 is 11.5 Å². The highest BCUT2D eigenvalue weighted by molar-refractivity contribution is 5.56. The first-order valence-electron chi connectivity index (χ1n) is 6.37. The van der Waals surface area contributed by atoms with E-state index in [1.54, 1.807) is 17.8 Å². The van der Waals surface area contributed by atoms with E-state index in [2.05, 4.69) is 15.4 Å². The zero-order valence-corrected chi connectivity index (χ0v) is 11.8. The maximum absolute atomic E-state index is 11.0. The second-order valence-corrected chi connectivity index (χ2v) is 4.62. The van der Waals surface area contributed by atoms with E-state index in [4.69, 9.17) is 0 Å². The molecule has 0 spiro atoms. The van der Waals surface area contributed by atoms with Crippen molar-refractivity contribution < 1.29 is 4.92 Å². The smallest absolute Gasteiger partial charge is 0.311 e. The summed E-state index contributed by atoms with van der Waals surface area (Å²) in [6.45, 7) is 4.27. The van der Waals surface area contributed by atoms with Gasteiger partial charge in [0.05, 0.1) is 10.6 Å². The lowest BCUT2D eigenvalue weighted by Crippen LogP contribution is -2.06. The minimum absolute atomic E-state index is 0.00746. The molecule has 0 saturated carbocycles. The summed E-state index contributed by atoms with van der Waals surface area (Å²) in [5, 5.41) is 18.4. The van der Waals surface area contributed by atoms with Crippen LogP contribution in [0, 0.1) is 17.0 Å². The van der Waals surface area contributed by atoms with Gasteiger partial charge in [0, 0.05) is 37.6 Å². The fourth-order valence-electron chi connectivity index (χ4n) is 2.04. The molecule has 0 radical (unpaired) electrons. The summed E-state index contributed by atoms with van der Waals surface area (Å²) < 4.78 is 1.74. The number of nitrogens with zero attached hydrogens (tertiary/aromatic N) is 4. The molecule has 0 amide bonds. The number of aryl methyl sites for hydroxylation is 3. The van der Waals surface area contributed by atoms with Gasteiger partial charge in [-0.2, -0.15) is 5.10 Å². The van der Waals surface area contributed by atoms with Gasteiger partial charge >= 0.3 is 5.69 Å². The molecule has 0 fully saturated rings. The molecule has 2 heterocycles. The van der Waals surface area contributed by atoms with E-state index in [1.807, 2.05) is 20.2 Å². The lowest BCUT2D eigenvalue weighted by atomic mass is 10.2. The molecule has 0 aliphatic heterocycles. The van der Waals surface area contributed by atoms with Gasteiger partial charge in [0.15, 0.2) is 0 Å². The molecule has 7 nitrogen and oxygen atoms in total. The van der Waals surface area contributed by atoms with E-state index >= 15 is 0 Å². The summed E-state index contributed by atoms with van der Waals surface area (Å²) >= 11 is 0. The first-order valence-corrected chi connectivity index (χ1v) is 6.37. The largest absolute Gasteiger partial charge is 0.360 e. The quantitative estimate of drug-likeness (QED) is 0.667. The molecule has 106 valence electrons. The van der Waals surface area contributed by atoms with Crippen LogP contribution in [0.15, 0.2) is 18.5 Å². The fourth-order valence-corrected chi connectivity index (χ4v) is 2.04. The van der Waals surface area contributed by atoms with Gasteiger partial charge in [-0.25, -0.2) is 4.98 Å². The highest BCUT2D eigenvalue weighted by atomic mass is 16.6. The second-order valence-electron chi connectivity index (χ2n) is 4.62. The van der Waals surface area contributed by atoms with Crippen molar-refractivity contribution in [2.24, 2.45) is 7.05 Å². The van der Waals surface area contributed by atoms with Gasteiger partial charge in [0.2, 0.25) is 5.82 Å². The molecule has 2 rings (SSSR count). The van der Waals surface area contributed by atoms with Crippen LogP contribution in [0.4, 0.5) is 11.5 Å². The van der Waals surface area contributed by atoms with Crippen molar-refractivity contribution in [3.63, 3.8) is 0 Å². The van der Waals surface area contributed by atoms with Gasteiger partial charge in [-0.3, -0.25) is 14.8 Å². The third-order valence-electron chi connectivity index (χ3n) is 2.97. The summed E-state index contributed by atoms with van der Waals surface area (Å²) in [5.41, 5.74) is 2.76. The molecule has 0 aliphatic rings. The predicted octanol–water partition coefficient (Wildman–Crippen LogP) is 2.21. The van der Waals surface area contributed by atoms with Gasteiger partial charge in [-0.05, 0) is 18.9 Å². The van der Waals surface area contributed by atoms with E-state index in [-0.39, 0.29) is 11.5 Å². The van der Waals surface area contributed by atoms with Crippen molar-refractivity contribution in [2.45, 2.75) is 26.8 Å². The van der Waals surface area contributed by atoms with Crippen molar-refractivity contribution in [1.29, 1.82) is 0 Å². The number of hydrogen-bond acceptors (Lipinski definition) is 5. The summed E-state index contributed by atoms with van der Waals surface area (Å²) in [4.78, 5) is 14.7. The van der Waals surface area contributed by atoms with Gasteiger partial charge in [0.25, 0.3) is 0 Å². The number of anilines is 1. The Kier molecular flexibility index (Phi) is 3.97. The molecule has 0 aliphatic carbocycles. The summed E-state index contributed by atoms with van der Waals surface area (Å²) in [5.74, 6) is 0.284. The van der Waals surface area contributed by atoms with E-state index < -0.39 is 4.92 Å². The Morgan fingerprint density at radius 3 is 2.90 bits per heavy atom. The maximum atomic E-state index is 11.0. The Balaban J connectivity index is 2.20. The SMILES string of the molecule is CCc1nn(C)cc1CNc1ncc(C)cc1[N+](=O)[O-]. The fraction of sp³-hybridized carbons (Fsp3) is 0.385. The summed E-state index contributed by atoms with van der Waals surface area (Å²) in [6.07, 6.45) is 4.34. The van der Waals surface area contributed by atoms with Crippen LogP contribution in [0.5, 0.6) is 0 Å². The lowest BCUT2D eigenvalue weighted by Gasteiger charge is -2.06. The van der Waals surface area contributed by atoms with Crippen molar-refractivity contribution in [3.05, 3.63) is 45.4 Å². The molecule has 7 heteroatoms. The molecule has 2 aromatic heterocycles. The third-order valence-corrected chi connectivity index (χ3v) is 2.97. The molecular weight excluding hydrogens is 258 g/mol. The van der Waals surface area contributed by atoms with Crippen LogP contribution in [0.25, 0.3) is 0 Å². The van der Waals surface area contributed by atoms with Crippen LogP contribution >= 0.6 is 0 Å². The van der Waals surface area contributed by atoms with Crippen LogP contribution in [0.2, 0.25) is 0 Å². The van der Waals surface area contributed by atoms with Crippen LogP contribution < -0.4 is 5.32 Å². The number of nitro groups is 1. The number of nitrogens with one attached hydrogen (secondary N) is 1. The summed E-state index contributed by atoms with van der Waals surface area (Å²) in [7, 11) is 1.86. The van der Waals surface area contributed by atoms with Crippen LogP contribution in [-0.2, 0) is 20.0 Å². The van der Waals surface area contributed by atoms with Gasteiger partial charge in [-0.1, -0.05) is 6.92 Å². The molecule has 0 aromatic carbocycles. The summed E-state index contributed by atoms with van der Waals surface area (Å²) in [6, 6.07) is 1.51. The predicted molar refractivity (Wildman–Crippen MR) is 75.5 cm³/mol. The average Bonchev–Trinajstić information content (AvgIpc) is 2.77. The van der Waals surface area contributed by atoms with Gasteiger partial charge in [0.1, 0.15) is 0 Å². The number of rotatable bonds is 5. The minimum atomic E-state index is -0.424. The zero-order valence-electron chi connectivity index (χ0n) is 11.8. The van der Waals surface area contributed by atoms with Crippen LogP contribution in [0.1, 0.15) is 23.7 Å². The first kappa shape index (κ1) is 14.0. The topological polar surface area (TPSA) is 85.9 Å². The molecule has 1 N–H and O–H groups in total. The monoisotopic (exact) mass is 275 g/mol. The first-order chi connectivity index (χ1) is 9.51. The highest BCUT2D eigenvalue weighted by Gasteiger charge is 2.16. The Labute approximate surface area is 116 Å². The van der Waals surface area contributed by atoms with E-state index in [9.17, 15) is 10.1 Å². The molecular formula is C13H17N5O2. The number of hydrogen-bond donors (Lipinski definition) is 1. The molecule has 0 unspecified atom stereocenters. The molecule has 0 bridgehead atoms. The number of pyridine rings is 1. The standard InChI is InChI=1S/C13H17N5O2/c1-4-11-10(8-17(3)16-11)7-15-13-12(18(19)20)5-9(2)6-14-13/h5-6,8H,4,7H2,1-3H3,(H,14,15). The molecule has 0 atom stereocenters. The average molecular weight is 275 g/mol. The third kappa shape index (κ3) is 2.93. The van der Waals surface area contributed by atoms with Gasteiger partial charge in [-0.15, -0.1) is 0 Å². The Morgan fingerprint density at radius 2 is 2.25 bits per heavy atom. The second kappa shape index (κ2) is 5.68. The Hall–Kier alpha value is -2.44.